The van der Waals surface area contributed by atoms with Crippen molar-refractivity contribution in [1.82, 2.24) is 9.36 Å². The molecule has 3 nitrogen and oxygen atoms in total. The third-order valence-corrected chi connectivity index (χ3v) is 3.46. The molecule has 0 saturated carbocycles. The summed E-state index contributed by atoms with van der Waals surface area (Å²) in [6.07, 6.45) is 3.38. The van der Waals surface area contributed by atoms with Gasteiger partial charge in [-0.05, 0) is 53.6 Å². The van der Waals surface area contributed by atoms with Gasteiger partial charge in [-0.2, -0.15) is 4.37 Å². The van der Waals surface area contributed by atoms with Crippen molar-refractivity contribution in [2.75, 3.05) is 6.61 Å². The molecule has 1 aromatic rings. The molecule has 1 saturated heterocycles. The van der Waals surface area contributed by atoms with Gasteiger partial charge in [0.2, 0.25) is 0 Å². The van der Waals surface area contributed by atoms with E-state index in [1.54, 1.807) is 0 Å². The molecule has 0 spiro atoms. The fourth-order valence-electron chi connectivity index (χ4n) is 1.53. The van der Waals surface area contributed by atoms with Crippen LogP contribution in [0.2, 0.25) is 0 Å². The number of ether oxygens (including phenoxy) is 1. The molecule has 0 aliphatic carbocycles. The molecule has 1 unspecified atom stereocenters. The van der Waals surface area contributed by atoms with E-state index in [0.717, 1.165) is 29.2 Å². The van der Waals surface area contributed by atoms with E-state index in [4.69, 9.17) is 4.74 Å². The Labute approximate surface area is 89.8 Å². The summed E-state index contributed by atoms with van der Waals surface area (Å²) in [5.74, 6) is 0.823. The minimum absolute atomic E-state index is 0.249. The topological polar surface area (TPSA) is 35.0 Å². The normalized spacial score (nSPS) is 29.1. The third-order valence-electron chi connectivity index (χ3n) is 2.34. The van der Waals surface area contributed by atoms with E-state index >= 15 is 0 Å². The maximum absolute atomic E-state index is 5.73. The van der Waals surface area contributed by atoms with E-state index in [-0.39, 0.29) is 5.60 Å². The van der Waals surface area contributed by atoms with Gasteiger partial charge in [0.1, 0.15) is 5.60 Å². The highest BCUT2D eigenvalue weighted by molar-refractivity contribution is 9.11. The lowest BCUT2D eigenvalue weighted by molar-refractivity contribution is -0.0753. The van der Waals surface area contributed by atoms with Crippen molar-refractivity contribution in [2.24, 2.45) is 0 Å². The predicted molar refractivity (Wildman–Crippen MR) is 54.8 cm³/mol. The monoisotopic (exact) mass is 262 g/mol. The second-order valence-electron chi connectivity index (χ2n) is 3.41. The Morgan fingerprint density at radius 1 is 1.54 bits per heavy atom. The van der Waals surface area contributed by atoms with Gasteiger partial charge in [0.05, 0.1) is 0 Å². The Kier molecular flexibility index (Phi) is 2.67. The Morgan fingerprint density at radius 2 is 2.38 bits per heavy atom. The van der Waals surface area contributed by atoms with Crippen molar-refractivity contribution in [3.8, 4) is 0 Å². The van der Waals surface area contributed by atoms with Gasteiger partial charge < -0.3 is 4.74 Å². The number of nitrogens with zero attached hydrogens (tertiary/aromatic N) is 2. The SMILES string of the molecule is CC1(c2nsc(Br)n2)CCCCO1. The molecule has 0 aromatic carbocycles. The zero-order valence-corrected chi connectivity index (χ0v) is 9.82. The van der Waals surface area contributed by atoms with E-state index in [0.29, 0.717) is 0 Å². The standard InChI is InChI=1S/C8H11BrN2OS/c1-8(4-2-3-5-12-8)6-10-7(9)13-11-6/h2-5H2,1H3. The summed E-state index contributed by atoms with van der Waals surface area (Å²) in [5, 5.41) is 0. The zero-order valence-electron chi connectivity index (χ0n) is 7.42. The number of hydrogen-bond acceptors (Lipinski definition) is 4. The molecule has 1 fully saturated rings. The van der Waals surface area contributed by atoms with Gasteiger partial charge >= 0.3 is 0 Å². The number of rotatable bonds is 1. The lowest BCUT2D eigenvalue weighted by atomic mass is 9.95. The molecule has 13 heavy (non-hydrogen) atoms. The highest BCUT2D eigenvalue weighted by Crippen LogP contribution is 2.33. The Bertz CT molecular complexity index is 296. The second kappa shape index (κ2) is 3.63. The molecule has 1 aliphatic rings. The highest BCUT2D eigenvalue weighted by atomic mass is 79.9. The average molecular weight is 263 g/mol. The quantitative estimate of drug-likeness (QED) is 0.781. The molecule has 0 N–H and O–H groups in total. The summed E-state index contributed by atoms with van der Waals surface area (Å²) >= 11 is 4.68. The summed E-state index contributed by atoms with van der Waals surface area (Å²) in [6, 6.07) is 0. The van der Waals surface area contributed by atoms with Crippen LogP contribution in [0.4, 0.5) is 0 Å². The molecule has 72 valence electrons. The Morgan fingerprint density at radius 3 is 2.92 bits per heavy atom. The van der Waals surface area contributed by atoms with Crippen LogP contribution in [0, 0.1) is 0 Å². The zero-order chi connectivity index (χ0) is 9.31. The minimum atomic E-state index is -0.249. The highest BCUT2D eigenvalue weighted by Gasteiger charge is 2.33. The van der Waals surface area contributed by atoms with Crippen LogP contribution in [0.3, 0.4) is 0 Å². The van der Waals surface area contributed by atoms with Crippen molar-refractivity contribution >= 4 is 27.5 Å². The molecular formula is C8H11BrN2OS. The fourth-order valence-corrected chi connectivity index (χ4v) is 2.44. The van der Waals surface area contributed by atoms with Crippen LogP contribution < -0.4 is 0 Å². The smallest absolute Gasteiger partial charge is 0.179 e. The van der Waals surface area contributed by atoms with Crippen LogP contribution in [0.5, 0.6) is 0 Å². The second-order valence-corrected chi connectivity index (χ2v) is 5.44. The van der Waals surface area contributed by atoms with Crippen LogP contribution in [0.1, 0.15) is 32.0 Å². The number of halogens is 1. The van der Waals surface area contributed by atoms with E-state index in [2.05, 4.69) is 32.2 Å². The summed E-state index contributed by atoms with van der Waals surface area (Å²) in [4.78, 5) is 4.31. The van der Waals surface area contributed by atoms with E-state index in [1.165, 1.54) is 18.0 Å². The first-order valence-electron chi connectivity index (χ1n) is 4.34. The summed E-state index contributed by atoms with van der Waals surface area (Å²) in [5.41, 5.74) is -0.249. The van der Waals surface area contributed by atoms with Crippen molar-refractivity contribution in [1.29, 1.82) is 0 Å². The first-order valence-corrected chi connectivity index (χ1v) is 5.91. The Balaban J connectivity index is 2.22. The Hall–Kier alpha value is -0.0000000000000000486. The first-order chi connectivity index (χ1) is 6.21. The van der Waals surface area contributed by atoms with Crippen LogP contribution in [-0.2, 0) is 10.3 Å². The van der Waals surface area contributed by atoms with Crippen LogP contribution >= 0.6 is 27.5 Å². The third kappa shape index (κ3) is 1.92. The van der Waals surface area contributed by atoms with Gasteiger partial charge in [-0.15, -0.1) is 0 Å². The lowest BCUT2D eigenvalue weighted by Crippen LogP contribution is -2.31. The molecule has 1 aromatic heterocycles. The fraction of sp³-hybridized carbons (Fsp3) is 0.750. The van der Waals surface area contributed by atoms with Crippen molar-refractivity contribution < 1.29 is 4.74 Å². The van der Waals surface area contributed by atoms with Gasteiger partial charge in [-0.3, -0.25) is 0 Å². The van der Waals surface area contributed by atoms with Gasteiger partial charge in [0.15, 0.2) is 9.74 Å². The van der Waals surface area contributed by atoms with Crippen molar-refractivity contribution in [3.05, 3.63) is 9.74 Å². The first kappa shape index (κ1) is 9.55. The maximum Gasteiger partial charge on any atom is 0.179 e. The van der Waals surface area contributed by atoms with Gasteiger partial charge in [-0.25, -0.2) is 4.98 Å². The molecule has 1 aliphatic heterocycles. The van der Waals surface area contributed by atoms with Crippen LogP contribution in [0.25, 0.3) is 0 Å². The van der Waals surface area contributed by atoms with Gasteiger partial charge in [-0.1, -0.05) is 0 Å². The van der Waals surface area contributed by atoms with Crippen molar-refractivity contribution in [2.45, 2.75) is 31.8 Å². The molecule has 2 heterocycles. The molecule has 5 heteroatoms. The molecule has 1 atom stereocenters. The van der Waals surface area contributed by atoms with E-state index < -0.39 is 0 Å². The van der Waals surface area contributed by atoms with E-state index in [1.807, 2.05) is 0 Å². The molecule has 0 bridgehead atoms. The molecule has 2 rings (SSSR count). The number of aromatic nitrogens is 2. The number of hydrogen-bond donors (Lipinski definition) is 0. The van der Waals surface area contributed by atoms with Crippen LogP contribution in [0.15, 0.2) is 3.92 Å². The maximum atomic E-state index is 5.73. The van der Waals surface area contributed by atoms with Gasteiger partial charge in [0.25, 0.3) is 0 Å². The van der Waals surface area contributed by atoms with Crippen molar-refractivity contribution in [3.63, 3.8) is 0 Å². The predicted octanol–water partition coefficient (Wildman–Crippen LogP) is 2.72. The summed E-state index contributed by atoms with van der Waals surface area (Å²) in [6.45, 7) is 2.90. The molecule has 0 radical (unpaired) electrons. The van der Waals surface area contributed by atoms with Gasteiger partial charge in [0, 0.05) is 6.61 Å². The van der Waals surface area contributed by atoms with E-state index in [9.17, 15) is 0 Å². The van der Waals surface area contributed by atoms with Crippen LogP contribution in [-0.4, -0.2) is 16.0 Å². The lowest BCUT2D eigenvalue weighted by Gasteiger charge is -2.31. The molecule has 0 amide bonds. The summed E-state index contributed by atoms with van der Waals surface area (Å²) in [7, 11) is 0. The minimum Gasteiger partial charge on any atom is -0.367 e. The average Bonchev–Trinajstić information content (AvgIpc) is 2.54. The molecular weight excluding hydrogens is 252 g/mol. The largest absolute Gasteiger partial charge is 0.367 e. The summed E-state index contributed by atoms with van der Waals surface area (Å²) < 4.78 is 10.8.